The predicted octanol–water partition coefficient (Wildman–Crippen LogP) is 3.67. The fourth-order valence-electron chi connectivity index (χ4n) is 1.26. The lowest BCUT2D eigenvalue weighted by Gasteiger charge is -2.37. The summed E-state index contributed by atoms with van der Waals surface area (Å²) in [5.41, 5.74) is 6.04. The van der Waals surface area contributed by atoms with Gasteiger partial charge in [0.15, 0.2) is 0 Å². The normalized spacial score (nSPS) is 12.6. The van der Waals surface area contributed by atoms with Crippen molar-refractivity contribution in [1.29, 1.82) is 0 Å². The summed E-state index contributed by atoms with van der Waals surface area (Å²) in [5, 5.41) is 0.0885. The van der Waals surface area contributed by atoms with Crippen molar-refractivity contribution in [3.8, 4) is 5.75 Å². The Morgan fingerprint density at radius 3 is 2.35 bits per heavy atom. The van der Waals surface area contributed by atoms with Crippen molar-refractivity contribution in [2.24, 2.45) is 5.73 Å². The Labute approximate surface area is 104 Å². The summed E-state index contributed by atoms with van der Waals surface area (Å²) in [5.74, 6) is 0.308. The molecule has 0 bridgehead atoms. The summed E-state index contributed by atoms with van der Waals surface area (Å²) in [6.07, 6.45) is 0. The third-order valence-corrected chi connectivity index (χ3v) is 7.79. The van der Waals surface area contributed by atoms with E-state index in [-0.39, 0.29) is 17.4 Å². The van der Waals surface area contributed by atoms with Gasteiger partial charge < -0.3 is 10.2 Å². The van der Waals surface area contributed by atoms with Gasteiger partial charge in [0.2, 0.25) is 8.32 Å². The smallest absolute Gasteiger partial charge is 0.250 e. The van der Waals surface area contributed by atoms with Crippen LogP contribution in [0.25, 0.3) is 0 Å². The topological polar surface area (TPSA) is 35.2 Å². The van der Waals surface area contributed by atoms with Crippen LogP contribution in [-0.2, 0) is 6.54 Å². The molecule has 4 heteroatoms. The molecule has 0 atom stereocenters. The highest BCUT2D eigenvalue weighted by atomic mass is 28.4. The van der Waals surface area contributed by atoms with Gasteiger partial charge in [0.05, 0.1) is 0 Å². The van der Waals surface area contributed by atoms with Crippen LogP contribution in [0, 0.1) is 5.82 Å². The molecule has 17 heavy (non-hydrogen) atoms. The van der Waals surface area contributed by atoms with Gasteiger partial charge in [-0.05, 0) is 30.3 Å². The summed E-state index contributed by atoms with van der Waals surface area (Å²) >= 11 is 0. The maximum atomic E-state index is 13.6. The van der Waals surface area contributed by atoms with Crippen LogP contribution in [0.4, 0.5) is 4.39 Å². The highest BCUT2D eigenvalue weighted by Gasteiger charge is 2.39. The summed E-state index contributed by atoms with van der Waals surface area (Å²) < 4.78 is 19.7. The standard InChI is InChI=1S/C13H22FNOSi/c1-13(2,3)17(4,5)16-12-8-6-7-11(14)10(12)9-15/h6-8H,9,15H2,1-5H3. The Morgan fingerprint density at radius 2 is 1.88 bits per heavy atom. The van der Waals surface area contributed by atoms with E-state index in [1.807, 2.05) is 0 Å². The van der Waals surface area contributed by atoms with Crippen LogP contribution < -0.4 is 10.2 Å². The molecule has 96 valence electrons. The largest absolute Gasteiger partial charge is 0.543 e. The van der Waals surface area contributed by atoms with E-state index in [2.05, 4.69) is 33.9 Å². The van der Waals surface area contributed by atoms with Gasteiger partial charge in [-0.15, -0.1) is 0 Å². The van der Waals surface area contributed by atoms with Gasteiger partial charge in [-0.3, -0.25) is 0 Å². The lowest BCUT2D eigenvalue weighted by molar-refractivity contribution is 0.479. The van der Waals surface area contributed by atoms with Crippen LogP contribution in [0.1, 0.15) is 26.3 Å². The van der Waals surface area contributed by atoms with Crippen LogP contribution in [0.15, 0.2) is 18.2 Å². The van der Waals surface area contributed by atoms with E-state index in [0.29, 0.717) is 11.3 Å². The molecule has 0 radical (unpaired) electrons. The maximum absolute atomic E-state index is 13.6. The molecule has 2 N–H and O–H groups in total. The van der Waals surface area contributed by atoms with Crippen molar-refractivity contribution in [3.05, 3.63) is 29.6 Å². The Hall–Kier alpha value is -0.873. The van der Waals surface area contributed by atoms with E-state index in [9.17, 15) is 4.39 Å². The molecule has 0 saturated heterocycles. The van der Waals surface area contributed by atoms with Crippen molar-refractivity contribution in [2.45, 2.75) is 45.4 Å². The molecule has 0 aliphatic heterocycles. The average Bonchev–Trinajstić information content (AvgIpc) is 2.15. The molecular formula is C13H22FNOSi. The third-order valence-electron chi connectivity index (χ3n) is 3.45. The predicted molar refractivity (Wildman–Crippen MR) is 72.1 cm³/mol. The number of hydrogen-bond donors (Lipinski definition) is 1. The van der Waals surface area contributed by atoms with Crippen LogP contribution in [0.2, 0.25) is 18.1 Å². The average molecular weight is 255 g/mol. The minimum Gasteiger partial charge on any atom is -0.543 e. The molecule has 0 amide bonds. The van der Waals surface area contributed by atoms with Crippen LogP contribution >= 0.6 is 0 Å². The van der Waals surface area contributed by atoms with Crippen molar-refractivity contribution in [2.75, 3.05) is 0 Å². The van der Waals surface area contributed by atoms with Crippen molar-refractivity contribution >= 4 is 8.32 Å². The molecule has 0 aromatic heterocycles. The maximum Gasteiger partial charge on any atom is 0.250 e. The molecule has 0 heterocycles. The van der Waals surface area contributed by atoms with Crippen molar-refractivity contribution in [1.82, 2.24) is 0 Å². The SMILES string of the molecule is CC(C)(C)[Si](C)(C)Oc1cccc(F)c1CN. The fraction of sp³-hybridized carbons (Fsp3) is 0.538. The zero-order valence-corrected chi connectivity index (χ0v) is 12.3. The van der Waals surface area contributed by atoms with E-state index < -0.39 is 8.32 Å². The Balaban J connectivity index is 3.08. The molecule has 1 rings (SSSR count). The minimum absolute atomic E-state index is 0.0885. The van der Waals surface area contributed by atoms with Crippen LogP contribution in [-0.4, -0.2) is 8.32 Å². The van der Waals surface area contributed by atoms with E-state index >= 15 is 0 Å². The van der Waals surface area contributed by atoms with Gasteiger partial charge >= 0.3 is 0 Å². The first-order valence-corrected chi connectivity index (χ1v) is 8.76. The number of nitrogens with two attached hydrogens (primary N) is 1. The summed E-state index contributed by atoms with van der Waals surface area (Å²) in [6.45, 7) is 10.9. The Bertz CT molecular complexity index is 399. The Kier molecular flexibility index (Phi) is 3.99. The summed E-state index contributed by atoms with van der Waals surface area (Å²) in [4.78, 5) is 0. The molecule has 0 aliphatic rings. The van der Waals surface area contributed by atoms with Crippen molar-refractivity contribution in [3.63, 3.8) is 0 Å². The zero-order chi connectivity index (χ0) is 13.3. The Morgan fingerprint density at radius 1 is 1.29 bits per heavy atom. The molecule has 0 unspecified atom stereocenters. The van der Waals surface area contributed by atoms with Gasteiger partial charge in [0, 0.05) is 12.1 Å². The first kappa shape index (κ1) is 14.2. The van der Waals surface area contributed by atoms with E-state index in [1.165, 1.54) is 6.07 Å². The first-order valence-electron chi connectivity index (χ1n) is 5.85. The van der Waals surface area contributed by atoms with Gasteiger partial charge in [0.1, 0.15) is 11.6 Å². The zero-order valence-electron chi connectivity index (χ0n) is 11.3. The molecule has 0 aliphatic carbocycles. The minimum atomic E-state index is -1.94. The van der Waals surface area contributed by atoms with E-state index in [1.54, 1.807) is 12.1 Å². The number of benzene rings is 1. The molecule has 2 nitrogen and oxygen atoms in total. The van der Waals surface area contributed by atoms with Gasteiger partial charge in [-0.25, -0.2) is 4.39 Å². The lowest BCUT2D eigenvalue weighted by Crippen LogP contribution is -2.44. The molecule has 0 spiro atoms. The molecule has 0 saturated carbocycles. The monoisotopic (exact) mass is 255 g/mol. The van der Waals surface area contributed by atoms with Crippen LogP contribution in [0.3, 0.4) is 0 Å². The fourth-order valence-corrected chi connectivity index (χ4v) is 2.31. The third kappa shape index (κ3) is 3.07. The molecule has 0 fully saturated rings. The molecular weight excluding hydrogens is 233 g/mol. The van der Waals surface area contributed by atoms with E-state index in [0.717, 1.165) is 0 Å². The van der Waals surface area contributed by atoms with Crippen LogP contribution in [0.5, 0.6) is 5.75 Å². The molecule has 1 aromatic rings. The van der Waals surface area contributed by atoms with Gasteiger partial charge in [0.25, 0.3) is 0 Å². The highest BCUT2D eigenvalue weighted by Crippen LogP contribution is 2.38. The quantitative estimate of drug-likeness (QED) is 0.836. The number of halogens is 1. The lowest BCUT2D eigenvalue weighted by atomic mass is 10.2. The first-order chi connectivity index (χ1) is 7.69. The second kappa shape index (κ2) is 4.78. The van der Waals surface area contributed by atoms with Gasteiger partial charge in [-0.2, -0.15) is 0 Å². The number of hydrogen-bond acceptors (Lipinski definition) is 2. The number of rotatable bonds is 3. The second-order valence-electron chi connectivity index (χ2n) is 5.78. The summed E-state index contributed by atoms with van der Waals surface area (Å²) in [7, 11) is -1.94. The molecule has 1 aromatic carbocycles. The summed E-state index contributed by atoms with van der Waals surface area (Å²) in [6, 6.07) is 4.88. The highest BCUT2D eigenvalue weighted by molar-refractivity contribution is 6.74. The van der Waals surface area contributed by atoms with Gasteiger partial charge in [-0.1, -0.05) is 26.8 Å². The second-order valence-corrected chi connectivity index (χ2v) is 10.5. The van der Waals surface area contributed by atoms with E-state index in [4.69, 9.17) is 10.2 Å². The van der Waals surface area contributed by atoms with Crippen molar-refractivity contribution < 1.29 is 8.82 Å².